The minimum absolute atomic E-state index is 0.0199. The number of esters is 1. The lowest BCUT2D eigenvalue weighted by molar-refractivity contribution is -0.142. The van der Waals surface area contributed by atoms with Crippen LogP contribution in [-0.4, -0.2) is 30.0 Å². The van der Waals surface area contributed by atoms with Crippen molar-refractivity contribution in [2.45, 2.75) is 12.8 Å². The Labute approximate surface area is 202 Å². The van der Waals surface area contributed by atoms with Gasteiger partial charge in [0, 0.05) is 23.5 Å². The number of carbonyl (C=O) groups is 3. The summed E-state index contributed by atoms with van der Waals surface area (Å²) in [6, 6.07) is 23.9. The molecule has 34 heavy (non-hydrogen) atoms. The van der Waals surface area contributed by atoms with Crippen molar-refractivity contribution in [2.75, 3.05) is 23.1 Å². The van der Waals surface area contributed by atoms with Crippen LogP contribution in [0.3, 0.4) is 0 Å². The summed E-state index contributed by atoms with van der Waals surface area (Å²) in [6.45, 7) is 0. The van der Waals surface area contributed by atoms with Gasteiger partial charge in [-0.1, -0.05) is 30.3 Å². The molecule has 0 aromatic heterocycles. The smallest absolute Gasteiger partial charge is 0.306 e. The molecule has 0 bridgehead atoms. The van der Waals surface area contributed by atoms with E-state index in [2.05, 4.69) is 26.0 Å². The van der Waals surface area contributed by atoms with E-state index in [1.807, 2.05) is 42.5 Å². The van der Waals surface area contributed by atoms with E-state index >= 15 is 0 Å². The second-order valence-corrected chi connectivity index (χ2v) is 7.55. The molecule has 0 aliphatic heterocycles. The summed E-state index contributed by atoms with van der Waals surface area (Å²) in [7, 11) is 1.25. The third kappa shape index (κ3) is 7.42. The van der Waals surface area contributed by atoms with Gasteiger partial charge in [-0.3, -0.25) is 14.4 Å². The SMILES string of the molecule is COC(=O)CCC(=O)NC(=S)Nc1ccccc1C(=O)Nc1ccc(Nc2ccccc2)cc1. The van der Waals surface area contributed by atoms with Crippen LogP contribution in [0.1, 0.15) is 23.2 Å². The van der Waals surface area contributed by atoms with E-state index in [9.17, 15) is 14.4 Å². The molecule has 3 rings (SSSR count). The fraction of sp³-hybridized carbons (Fsp3) is 0.120. The molecule has 0 atom stereocenters. The molecule has 174 valence electrons. The minimum Gasteiger partial charge on any atom is -0.469 e. The molecule has 8 nitrogen and oxygen atoms in total. The Balaban J connectivity index is 1.59. The molecule has 0 radical (unpaired) electrons. The van der Waals surface area contributed by atoms with Gasteiger partial charge in [-0.15, -0.1) is 0 Å². The Kier molecular flexibility index (Phi) is 8.70. The Hall–Kier alpha value is -4.24. The van der Waals surface area contributed by atoms with E-state index in [1.54, 1.807) is 36.4 Å². The van der Waals surface area contributed by atoms with Gasteiger partial charge in [-0.05, 0) is 60.7 Å². The molecule has 0 spiro atoms. The van der Waals surface area contributed by atoms with E-state index in [1.165, 1.54) is 7.11 Å². The van der Waals surface area contributed by atoms with Crippen molar-refractivity contribution in [3.63, 3.8) is 0 Å². The summed E-state index contributed by atoms with van der Waals surface area (Å²) in [4.78, 5) is 36.0. The number of ether oxygens (including phenoxy) is 1. The van der Waals surface area contributed by atoms with E-state index in [4.69, 9.17) is 12.2 Å². The highest BCUT2D eigenvalue weighted by Gasteiger charge is 2.14. The van der Waals surface area contributed by atoms with Crippen LogP contribution in [0.5, 0.6) is 0 Å². The molecule has 3 aromatic carbocycles. The van der Waals surface area contributed by atoms with Gasteiger partial charge in [0.25, 0.3) is 5.91 Å². The van der Waals surface area contributed by atoms with Gasteiger partial charge in [-0.25, -0.2) is 0 Å². The van der Waals surface area contributed by atoms with Crippen molar-refractivity contribution < 1.29 is 19.1 Å². The average molecular weight is 477 g/mol. The van der Waals surface area contributed by atoms with Crippen molar-refractivity contribution in [3.05, 3.63) is 84.4 Å². The topological polar surface area (TPSA) is 109 Å². The first-order valence-electron chi connectivity index (χ1n) is 10.4. The van der Waals surface area contributed by atoms with Crippen LogP contribution in [-0.2, 0) is 14.3 Å². The van der Waals surface area contributed by atoms with Crippen LogP contribution in [0.15, 0.2) is 78.9 Å². The van der Waals surface area contributed by atoms with Gasteiger partial charge < -0.3 is 26.0 Å². The quantitative estimate of drug-likeness (QED) is 0.281. The summed E-state index contributed by atoms with van der Waals surface area (Å²) in [5.74, 6) is -1.26. The van der Waals surface area contributed by atoms with Crippen LogP contribution < -0.4 is 21.3 Å². The summed E-state index contributed by atoms with van der Waals surface area (Å²) < 4.78 is 4.51. The molecular formula is C25H24N4O4S. The molecule has 0 unspecified atom stereocenters. The van der Waals surface area contributed by atoms with Gasteiger partial charge in [0.1, 0.15) is 0 Å². The van der Waals surface area contributed by atoms with E-state index in [-0.39, 0.29) is 23.9 Å². The average Bonchev–Trinajstić information content (AvgIpc) is 2.84. The molecule has 0 aliphatic rings. The minimum atomic E-state index is -0.486. The van der Waals surface area contributed by atoms with Crippen molar-refractivity contribution in [1.82, 2.24) is 5.32 Å². The Morgan fingerprint density at radius 1 is 0.765 bits per heavy atom. The second-order valence-electron chi connectivity index (χ2n) is 7.15. The molecule has 9 heteroatoms. The highest BCUT2D eigenvalue weighted by molar-refractivity contribution is 7.80. The third-order valence-corrected chi connectivity index (χ3v) is 4.87. The first-order valence-corrected chi connectivity index (χ1v) is 10.9. The number of hydrogen-bond acceptors (Lipinski definition) is 6. The van der Waals surface area contributed by atoms with E-state index in [0.717, 1.165) is 11.4 Å². The molecule has 4 N–H and O–H groups in total. The summed E-state index contributed by atoms with van der Waals surface area (Å²) in [5, 5.41) is 11.5. The monoisotopic (exact) mass is 476 g/mol. The Bertz CT molecular complexity index is 1170. The molecule has 3 aromatic rings. The molecule has 0 aliphatic carbocycles. The van der Waals surface area contributed by atoms with Crippen LogP contribution in [0, 0.1) is 0 Å². The number of benzene rings is 3. The zero-order valence-electron chi connectivity index (χ0n) is 18.5. The maximum Gasteiger partial charge on any atom is 0.306 e. The number of para-hydroxylation sites is 2. The maximum atomic E-state index is 12.9. The van der Waals surface area contributed by atoms with Crippen LogP contribution >= 0.6 is 12.2 Å². The number of hydrogen-bond donors (Lipinski definition) is 4. The van der Waals surface area contributed by atoms with Crippen molar-refractivity contribution in [2.24, 2.45) is 0 Å². The third-order valence-electron chi connectivity index (χ3n) is 4.66. The maximum absolute atomic E-state index is 12.9. The number of thiocarbonyl (C=S) groups is 1. The summed E-state index contributed by atoms with van der Waals surface area (Å²) >= 11 is 5.17. The molecule has 2 amide bonds. The number of methoxy groups -OCH3 is 1. The first-order chi connectivity index (χ1) is 16.4. The van der Waals surface area contributed by atoms with Crippen LogP contribution in [0.25, 0.3) is 0 Å². The lowest BCUT2D eigenvalue weighted by Crippen LogP contribution is -2.34. The summed E-state index contributed by atoms with van der Waals surface area (Å²) in [5.41, 5.74) is 3.25. The fourth-order valence-corrected chi connectivity index (χ4v) is 3.20. The van der Waals surface area contributed by atoms with Crippen LogP contribution in [0.2, 0.25) is 0 Å². The van der Waals surface area contributed by atoms with E-state index in [0.29, 0.717) is 16.9 Å². The number of rotatable bonds is 8. The van der Waals surface area contributed by atoms with Crippen LogP contribution in [0.4, 0.5) is 22.7 Å². The zero-order chi connectivity index (χ0) is 24.3. The lowest BCUT2D eigenvalue weighted by atomic mass is 10.1. The highest BCUT2D eigenvalue weighted by Crippen LogP contribution is 2.21. The highest BCUT2D eigenvalue weighted by atomic mass is 32.1. The van der Waals surface area contributed by atoms with Crippen molar-refractivity contribution in [3.8, 4) is 0 Å². The van der Waals surface area contributed by atoms with E-state index < -0.39 is 11.9 Å². The number of carbonyl (C=O) groups excluding carboxylic acids is 3. The number of nitrogens with one attached hydrogen (secondary N) is 4. The van der Waals surface area contributed by atoms with Gasteiger partial charge in [0.15, 0.2) is 5.11 Å². The zero-order valence-corrected chi connectivity index (χ0v) is 19.3. The standard InChI is InChI=1S/C25H24N4O4S/c1-33-23(31)16-15-22(30)29-25(34)28-21-10-6-5-9-20(21)24(32)27-19-13-11-18(12-14-19)26-17-7-3-2-4-8-17/h2-14,26H,15-16H2,1H3,(H,27,32)(H2,28,29,30,34). The summed E-state index contributed by atoms with van der Waals surface area (Å²) in [6.07, 6.45) is -0.116. The second kappa shape index (κ2) is 12.1. The number of anilines is 4. The van der Waals surface area contributed by atoms with Gasteiger partial charge in [0.2, 0.25) is 5.91 Å². The van der Waals surface area contributed by atoms with Crippen molar-refractivity contribution in [1.29, 1.82) is 0 Å². The fourth-order valence-electron chi connectivity index (χ4n) is 2.97. The van der Waals surface area contributed by atoms with Crippen molar-refractivity contribution >= 4 is 57.9 Å². The predicted molar refractivity (Wildman–Crippen MR) is 136 cm³/mol. The van der Waals surface area contributed by atoms with Gasteiger partial charge in [0.05, 0.1) is 24.8 Å². The largest absolute Gasteiger partial charge is 0.469 e. The van der Waals surface area contributed by atoms with Gasteiger partial charge >= 0.3 is 5.97 Å². The molecule has 0 heterocycles. The molecule has 0 saturated carbocycles. The lowest BCUT2D eigenvalue weighted by Gasteiger charge is -2.14. The normalized spacial score (nSPS) is 10.0. The molecular weight excluding hydrogens is 452 g/mol. The molecule has 0 saturated heterocycles. The Morgan fingerprint density at radius 2 is 1.38 bits per heavy atom. The predicted octanol–water partition coefficient (Wildman–Crippen LogP) is 4.45. The van der Waals surface area contributed by atoms with Gasteiger partial charge in [-0.2, -0.15) is 0 Å². The Morgan fingerprint density at radius 3 is 2.09 bits per heavy atom. The molecule has 0 fully saturated rings. The first kappa shape index (κ1) is 24.4. The number of amides is 2.